The second kappa shape index (κ2) is 8.77. The Kier molecular flexibility index (Phi) is 5.74. The van der Waals surface area contributed by atoms with E-state index in [9.17, 15) is 9.18 Å². The van der Waals surface area contributed by atoms with Crippen LogP contribution in [-0.2, 0) is 4.79 Å². The Hall–Kier alpha value is -3.35. The van der Waals surface area contributed by atoms with Crippen LogP contribution < -0.4 is 15.0 Å². The SMILES string of the molecule is O=C(COc1ccccc1)NC1CCCN(c2cc(-c3ccc(F)cc3)[nH]n2)C1. The van der Waals surface area contributed by atoms with E-state index in [0.717, 1.165) is 36.5 Å². The van der Waals surface area contributed by atoms with Crippen LogP contribution >= 0.6 is 0 Å². The number of halogens is 1. The lowest BCUT2D eigenvalue weighted by molar-refractivity contribution is -0.123. The van der Waals surface area contributed by atoms with Gasteiger partial charge in [0.1, 0.15) is 11.6 Å². The lowest BCUT2D eigenvalue weighted by atomic mass is 10.1. The van der Waals surface area contributed by atoms with E-state index in [1.165, 1.54) is 12.1 Å². The van der Waals surface area contributed by atoms with Crippen molar-refractivity contribution in [3.63, 3.8) is 0 Å². The highest BCUT2D eigenvalue weighted by atomic mass is 19.1. The Morgan fingerprint density at radius 1 is 1.21 bits per heavy atom. The molecule has 7 heteroatoms. The first-order chi connectivity index (χ1) is 14.2. The third-order valence-corrected chi connectivity index (χ3v) is 4.94. The van der Waals surface area contributed by atoms with Gasteiger partial charge in [0, 0.05) is 25.2 Å². The molecule has 2 heterocycles. The van der Waals surface area contributed by atoms with E-state index in [1.807, 2.05) is 36.4 Å². The van der Waals surface area contributed by atoms with Gasteiger partial charge in [0.25, 0.3) is 5.91 Å². The zero-order chi connectivity index (χ0) is 20.1. The maximum Gasteiger partial charge on any atom is 0.258 e. The molecule has 1 aliphatic heterocycles. The monoisotopic (exact) mass is 394 g/mol. The van der Waals surface area contributed by atoms with Crippen molar-refractivity contribution >= 4 is 11.7 Å². The van der Waals surface area contributed by atoms with Crippen molar-refractivity contribution in [2.45, 2.75) is 18.9 Å². The van der Waals surface area contributed by atoms with Crippen LogP contribution in [0.5, 0.6) is 5.75 Å². The van der Waals surface area contributed by atoms with Gasteiger partial charge in [-0.25, -0.2) is 4.39 Å². The normalized spacial score (nSPS) is 16.4. The van der Waals surface area contributed by atoms with Crippen LogP contribution in [-0.4, -0.2) is 41.8 Å². The number of nitrogens with one attached hydrogen (secondary N) is 2. The van der Waals surface area contributed by atoms with Crippen LogP contribution in [0.25, 0.3) is 11.3 Å². The van der Waals surface area contributed by atoms with Crippen LogP contribution in [0.1, 0.15) is 12.8 Å². The zero-order valence-corrected chi connectivity index (χ0v) is 16.0. The predicted molar refractivity (Wildman–Crippen MR) is 109 cm³/mol. The first kappa shape index (κ1) is 19.0. The van der Waals surface area contributed by atoms with Crippen molar-refractivity contribution in [1.82, 2.24) is 15.5 Å². The number of anilines is 1. The molecular formula is C22H23FN4O2. The number of benzene rings is 2. The number of carbonyl (C=O) groups is 1. The quantitative estimate of drug-likeness (QED) is 0.673. The molecule has 2 aromatic carbocycles. The highest BCUT2D eigenvalue weighted by molar-refractivity contribution is 5.78. The van der Waals surface area contributed by atoms with Gasteiger partial charge in [-0.05, 0) is 54.8 Å². The molecule has 1 fully saturated rings. The topological polar surface area (TPSA) is 70.2 Å². The van der Waals surface area contributed by atoms with Crippen molar-refractivity contribution in [2.75, 3.05) is 24.6 Å². The molecule has 1 saturated heterocycles. The van der Waals surface area contributed by atoms with E-state index >= 15 is 0 Å². The van der Waals surface area contributed by atoms with Crippen LogP contribution in [0.2, 0.25) is 0 Å². The molecule has 150 valence electrons. The molecular weight excluding hydrogens is 371 g/mol. The molecule has 0 bridgehead atoms. The van der Waals surface area contributed by atoms with E-state index in [1.54, 1.807) is 12.1 Å². The molecule has 1 atom stereocenters. The molecule has 2 N–H and O–H groups in total. The molecule has 0 radical (unpaired) electrons. The number of carbonyl (C=O) groups excluding carboxylic acids is 1. The predicted octanol–water partition coefficient (Wildman–Crippen LogP) is 3.38. The molecule has 4 rings (SSSR count). The fourth-order valence-electron chi connectivity index (χ4n) is 3.49. The van der Waals surface area contributed by atoms with Crippen molar-refractivity contribution in [1.29, 1.82) is 0 Å². The molecule has 29 heavy (non-hydrogen) atoms. The summed E-state index contributed by atoms with van der Waals surface area (Å²) in [6, 6.07) is 17.6. The molecule has 0 aliphatic carbocycles. The Morgan fingerprint density at radius 3 is 2.79 bits per heavy atom. The Balaban J connectivity index is 1.32. The van der Waals surface area contributed by atoms with Gasteiger partial charge in [-0.3, -0.25) is 9.89 Å². The summed E-state index contributed by atoms with van der Waals surface area (Å²) in [7, 11) is 0. The van der Waals surface area contributed by atoms with E-state index in [2.05, 4.69) is 20.4 Å². The summed E-state index contributed by atoms with van der Waals surface area (Å²) in [6.45, 7) is 1.56. The van der Waals surface area contributed by atoms with Crippen molar-refractivity contribution in [3.05, 3.63) is 66.5 Å². The number of hydrogen-bond acceptors (Lipinski definition) is 4. The molecule has 1 unspecified atom stereocenters. The molecule has 6 nitrogen and oxygen atoms in total. The Morgan fingerprint density at radius 2 is 2.00 bits per heavy atom. The van der Waals surface area contributed by atoms with Gasteiger partial charge < -0.3 is 15.0 Å². The second-order valence-corrected chi connectivity index (χ2v) is 7.10. The molecule has 0 saturated carbocycles. The Labute approximate surface area is 168 Å². The molecule has 3 aromatic rings. The average molecular weight is 394 g/mol. The van der Waals surface area contributed by atoms with Gasteiger partial charge in [0.05, 0.1) is 5.69 Å². The fourth-order valence-corrected chi connectivity index (χ4v) is 3.49. The number of nitrogens with zero attached hydrogens (tertiary/aromatic N) is 2. The number of ether oxygens (including phenoxy) is 1. The smallest absolute Gasteiger partial charge is 0.258 e. The van der Waals surface area contributed by atoms with Gasteiger partial charge in [-0.2, -0.15) is 5.10 Å². The largest absolute Gasteiger partial charge is 0.484 e. The summed E-state index contributed by atoms with van der Waals surface area (Å²) < 4.78 is 18.6. The van der Waals surface area contributed by atoms with Crippen LogP contribution in [0.15, 0.2) is 60.7 Å². The number of rotatable bonds is 6. The second-order valence-electron chi connectivity index (χ2n) is 7.10. The number of hydrogen-bond donors (Lipinski definition) is 2. The van der Waals surface area contributed by atoms with Crippen LogP contribution in [0.3, 0.4) is 0 Å². The maximum absolute atomic E-state index is 13.1. The third kappa shape index (κ3) is 4.93. The molecule has 0 spiro atoms. The maximum atomic E-state index is 13.1. The van der Waals surface area contributed by atoms with Crippen molar-refractivity contribution in [3.8, 4) is 17.0 Å². The molecule has 1 amide bonds. The highest BCUT2D eigenvalue weighted by Crippen LogP contribution is 2.24. The minimum absolute atomic E-state index is 0.00235. The summed E-state index contributed by atoms with van der Waals surface area (Å²) in [5, 5.41) is 10.5. The minimum atomic E-state index is -0.264. The number of para-hydroxylation sites is 1. The summed E-state index contributed by atoms with van der Waals surface area (Å²) in [6.07, 6.45) is 1.88. The summed E-state index contributed by atoms with van der Waals surface area (Å²) in [5.41, 5.74) is 1.72. The van der Waals surface area contributed by atoms with E-state index < -0.39 is 0 Å². The van der Waals surface area contributed by atoms with Gasteiger partial charge in [0.15, 0.2) is 12.4 Å². The van der Waals surface area contributed by atoms with Crippen molar-refractivity contribution < 1.29 is 13.9 Å². The number of piperidine rings is 1. The van der Waals surface area contributed by atoms with E-state index in [-0.39, 0.29) is 24.4 Å². The number of H-pyrrole nitrogens is 1. The number of amides is 1. The Bertz CT molecular complexity index is 943. The zero-order valence-electron chi connectivity index (χ0n) is 16.0. The number of aromatic amines is 1. The van der Waals surface area contributed by atoms with E-state index in [4.69, 9.17) is 4.74 Å². The van der Waals surface area contributed by atoms with Gasteiger partial charge in [0.2, 0.25) is 0 Å². The summed E-state index contributed by atoms with van der Waals surface area (Å²) >= 11 is 0. The summed E-state index contributed by atoms with van der Waals surface area (Å²) in [5.74, 6) is 1.11. The van der Waals surface area contributed by atoms with Crippen LogP contribution in [0.4, 0.5) is 10.2 Å². The molecule has 1 aliphatic rings. The lowest BCUT2D eigenvalue weighted by Gasteiger charge is -2.33. The minimum Gasteiger partial charge on any atom is -0.484 e. The lowest BCUT2D eigenvalue weighted by Crippen LogP contribution is -2.49. The van der Waals surface area contributed by atoms with Gasteiger partial charge in [-0.1, -0.05) is 18.2 Å². The molecule has 1 aromatic heterocycles. The third-order valence-electron chi connectivity index (χ3n) is 4.94. The first-order valence-electron chi connectivity index (χ1n) is 9.71. The summed E-state index contributed by atoms with van der Waals surface area (Å²) in [4.78, 5) is 14.4. The standard InChI is InChI=1S/C22H23FN4O2/c23-17-10-8-16(9-11-17)20-13-21(26-25-20)27-12-4-5-18(14-27)24-22(28)15-29-19-6-2-1-3-7-19/h1-3,6-11,13,18H,4-5,12,14-15H2,(H,24,28)(H,25,26). The van der Waals surface area contributed by atoms with Gasteiger partial charge >= 0.3 is 0 Å². The number of aromatic nitrogens is 2. The first-order valence-corrected chi connectivity index (χ1v) is 9.71. The van der Waals surface area contributed by atoms with Gasteiger partial charge in [-0.15, -0.1) is 0 Å². The fraction of sp³-hybridized carbons (Fsp3) is 0.273. The van der Waals surface area contributed by atoms with Crippen LogP contribution in [0, 0.1) is 5.82 Å². The highest BCUT2D eigenvalue weighted by Gasteiger charge is 2.23. The average Bonchev–Trinajstić information content (AvgIpc) is 3.24. The van der Waals surface area contributed by atoms with Crippen molar-refractivity contribution in [2.24, 2.45) is 0 Å². The van der Waals surface area contributed by atoms with E-state index in [0.29, 0.717) is 12.3 Å².